The van der Waals surface area contributed by atoms with Crippen molar-refractivity contribution in [3.8, 4) is 5.75 Å². The van der Waals surface area contributed by atoms with Gasteiger partial charge in [-0.2, -0.15) is 0 Å². The van der Waals surface area contributed by atoms with Crippen molar-refractivity contribution in [2.75, 3.05) is 46.5 Å². The van der Waals surface area contributed by atoms with Crippen molar-refractivity contribution in [3.05, 3.63) is 75.3 Å². The molecular formula is C24H25N3O7. The number of aliphatic hydroxyl groups is 1. The second-order valence-corrected chi connectivity index (χ2v) is 7.99. The minimum Gasteiger partial charge on any atom is -0.507 e. The maximum Gasteiger partial charge on any atom is 0.295 e. The number of amides is 1. The lowest BCUT2D eigenvalue weighted by atomic mass is 9.94. The number of benzene rings is 2. The largest absolute Gasteiger partial charge is 0.507 e. The predicted molar refractivity (Wildman–Crippen MR) is 122 cm³/mol. The van der Waals surface area contributed by atoms with E-state index < -0.39 is 28.4 Å². The minimum atomic E-state index is -1.09. The summed E-state index contributed by atoms with van der Waals surface area (Å²) in [4.78, 5) is 40.9. The van der Waals surface area contributed by atoms with Crippen LogP contribution in [-0.4, -0.2) is 78.0 Å². The molecule has 2 aliphatic heterocycles. The van der Waals surface area contributed by atoms with Crippen molar-refractivity contribution in [2.24, 2.45) is 0 Å². The number of nitrogens with zero attached hydrogens (tertiary/aromatic N) is 3. The Labute approximate surface area is 196 Å². The number of hydrogen-bond acceptors (Lipinski definition) is 8. The molecule has 2 aliphatic rings. The Hall–Kier alpha value is -3.76. The number of nitro groups is 1. The number of para-hydroxylation sites is 1. The van der Waals surface area contributed by atoms with Gasteiger partial charge in [0.05, 0.1) is 42.4 Å². The quantitative estimate of drug-likeness (QED) is 0.217. The first-order valence-electron chi connectivity index (χ1n) is 10.9. The Kier molecular flexibility index (Phi) is 6.90. The Morgan fingerprint density at radius 3 is 2.44 bits per heavy atom. The van der Waals surface area contributed by atoms with Gasteiger partial charge in [0.25, 0.3) is 17.4 Å². The lowest BCUT2D eigenvalue weighted by molar-refractivity contribution is -0.385. The van der Waals surface area contributed by atoms with Gasteiger partial charge < -0.3 is 19.5 Å². The molecule has 1 atom stereocenters. The van der Waals surface area contributed by atoms with E-state index in [1.54, 1.807) is 30.3 Å². The van der Waals surface area contributed by atoms with Crippen LogP contribution in [0.3, 0.4) is 0 Å². The third kappa shape index (κ3) is 4.50. The summed E-state index contributed by atoms with van der Waals surface area (Å²) in [6.45, 7) is 3.16. The summed E-state index contributed by atoms with van der Waals surface area (Å²) in [6.07, 6.45) is 0. The molecule has 10 heteroatoms. The first kappa shape index (κ1) is 23.4. The highest BCUT2D eigenvalue weighted by Gasteiger charge is 2.48. The molecule has 10 nitrogen and oxygen atoms in total. The zero-order chi connectivity index (χ0) is 24.2. The van der Waals surface area contributed by atoms with Gasteiger partial charge in [-0.05, 0) is 30.3 Å². The molecule has 0 bridgehead atoms. The fourth-order valence-corrected chi connectivity index (χ4v) is 4.30. The summed E-state index contributed by atoms with van der Waals surface area (Å²) >= 11 is 0. The van der Waals surface area contributed by atoms with E-state index in [2.05, 4.69) is 4.90 Å². The van der Waals surface area contributed by atoms with E-state index in [1.165, 1.54) is 30.2 Å². The van der Waals surface area contributed by atoms with Crippen molar-refractivity contribution in [1.82, 2.24) is 9.80 Å². The number of morpholine rings is 1. The second-order valence-electron chi connectivity index (χ2n) is 7.99. The maximum atomic E-state index is 13.1. The molecule has 2 aromatic rings. The van der Waals surface area contributed by atoms with Crippen LogP contribution in [-0.2, 0) is 14.3 Å². The molecule has 1 amide bonds. The highest BCUT2D eigenvalue weighted by atomic mass is 16.6. The third-order valence-corrected chi connectivity index (χ3v) is 6.09. The van der Waals surface area contributed by atoms with Gasteiger partial charge in [-0.1, -0.05) is 12.1 Å². The van der Waals surface area contributed by atoms with Crippen molar-refractivity contribution >= 4 is 23.1 Å². The van der Waals surface area contributed by atoms with E-state index in [0.717, 1.165) is 0 Å². The molecule has 2 saturated heterocycles. The van der Waals surface area contributed by atoms with Crippen LogP contribution < -0.4 is 4.74 Å². The van der Waals surface area contributed by atoms with E-state index in [0.29, 0.717) is 44.2 Å². The van der Waals surface area contributed by atoms with Crippen LogP contribution in [0.4, 0.5) is 5.69 Å². The van der Waals surface area contributed by atoms with E-state index in [-0.39, 0.29) is 23.4 Å². The van der Waals surface area contributed by atoms with Gasteiger partial charge in [0.2, 0.25) is 0 Å². The number of rotatable bonds is 7. The average molecular weight is 467 g/mol. The summed E-state index contributed by atoms with van der Waals surface area (Å²) in [5.74, 6) is -1.51. The number of likely N-dealkylation sites (tertiary alicyclic amines) is 1. The molecule has 0 aliphatic carbocycles. The van der Waals surface area contributed by atoms with Crippen molar-refractivity contribution < 1.29 is 29.1 Å². The molecule has 34 heavy (non-hydrogen) atoms. The molecule has 0 saturated carbocycles. The number of aliphatic hydroxyl groups excluding tert-OH is 1. The number of nitro benzene ring substituents is 1. The molecule has 4 rings (SSSR count). The van der Waals surface area contributed by atoms with Crippen LogP contribution in [0, 0.1) is 10.1 Å². The van der Waals surface area contributed by atoms with Gasteiger partial charge in [-0.15, -0.1) is 0 Å². The van der Waals surface area contributed by atoms with Gasteiger partial charge in [0, 0.05) is 37.8 Å². The minimum absolute atomic E-state index is 0.167. The SMILES string of the molecule is COc1ccc(/C(O)=C2/C(=O)C(=O)N(CCN3CCOCC3)C2c2ccccc2[N+](=O)[O-])cc1. The Bertz CT molecular complexity index is 1120. The van der Waals surface area contributed by atoms with E-state index in [4.69, 9.17) is 9.47 Å². The predicted octanol–water partition coefficient (Wildman–Crippen LogP) is 2.36. The van der Waals surface area contributed by atoms with Crippen LogP contribution >= 0.6 is 0 Å². The first-order valence-corrected chi connectivity index (χ1v) is 10.9. The Balaban J connectivity index is 1.79. The monoisotopic (exact) mass is 467 g/mol. The van der Waals surface area contributed by atoms with Gasteiger partial charge in [-0.3, -0.25) is 24.6 Å². The summed E-state index contributed by atoms with van der Waals surface area (Å²) in [5, 5.41) is 22.9. The molecule has 1 unspecified atom stereocenters. The normalized spacial score (nSPS) is 20.5. The number of Topliss-reactive ketones (excluding diaryl/α,β-unsaturated/α-hetero) is 1. The fraction of sp³-hybridized carbons (Fsp3) is 0.333. The van der Waals surface area contributed by atoms with Crippen molar-refractivity contribution in [2.45, 2.75) is 6.04 Å². The molecule has 2 aromatic carbocycles. The number of methoxy groups -OCH3 is 1. The van der Waals surface area contributed by atoms with Gasteiger partial charge in [-0.25, -0.2) is 0 Å². The number of carbonyl (C=O) groups excluding carboxylic acids is 2. The molecule has 0 radical (unpaired) electrons. The van der Waals surface area contributed by atoms with Gasteiger partial charge in [0.15, 0.2) is 0 Å². The molecule has 178 valence electrons. The van der Waals surface area contributed by atoms with Crippen LogP contribution in [0.2, 0.25) is 0 Å². The summed E-state index contributed by atoms with van der Waals surface area (Å²) in [7, 11) is 1.50. The molecule has 1 N–H and O–H groups in total. The number of hydrogen-bond donors (Lipinski definition) is 1. The summed E-state index contributed by atoms with van der Waals surface area (Å²) < 4.78 is 10.5. The Morgan fingerprint density at radius 1 is 1.12 bits per heavy atom. The fourth-order valence-electron chi connectivity index (χ4n) is 4.30. The highest BCUT2D eigenvalue weighted by Crippen LogP contribution is 2.42. The van der Waals surface area contributed by atoms with Crippen LogP contribution in [0.25, 0.3) is 5.76 Å². The van der Waals surface area contributed by atoms with Gasteiger partial charge >= 0.3 is 0 Å². The molecule has 2 fully saturated rings. The number of ether oxygens (including phenoxy) is 2. The second kappa shape index (κ2) is 10.0. The van der Waals surface area contributed by atoms with Crippen molar-refractivity contribution in [1.29, 1.82) is 0 Å². The van der Waals surface area contributed by atoms with E-state index >= 15 is 0 Å². The Morgan fingerprint density at radius 2 is 1.79 bits per heavy atom. The van der Waals surface area contributed by atoms with E-state index in [9.17, 15) is 24.8 Å². The first-order chi connectivity index (χ1) is 16.4. The zero-order valence-electron chi connectivity index (χ0n) is 18.7. The molecule has 0 spiro atoms. The maximum absolute atomic E-state index is 13.1. The highest BCUT2D eigenvalue weighted by molar-refractivity contribution is 6.46. The van der Waals surface area contributed by atoms with Crippen LogP contribution in [0.5, 0.6) is 5.75 Å². The summed E-state index contributed by atoms with van der Waals surface area (Å²) in [5.41, 5.74) is 0.0668. The molecular weight excluding hydrogens is 442 g/mol. The summed E-state index contributed by atoms with van der Waals surface area (Å²) in [6, 6.07) is 11.2. The standard InChI is InChI=1S/C24H25N3O7/c1-33-17-8-6-16(7-9-17)22(28)20-21(18-4-2-3-5-19(18)27(31)32)26(24(30)23(20)29)11-10-25-12-14-34-15-13-25/h2-9,21,28H,10-15H2,1H3/b22-20-. The lowest BCUT2D eigenvalue weighted by Gasteiger charge is -2.30. The van der Waals surface area contributed by atoms with Crippen molar-refractivity contribution in [3.63, 3.8) is 0 Å². The molecule has 2 heterocycles. The smallest absolute Gasteiger partial charge is 0.295 e. The molecule has 0 aromatic heterocycles. The lowest BCUT2D eigenvalue weighted by Crippen LogP contribution is -2.42. The average Bonchev–Trinajstić information content (AvgIpc) is 3.12. The zero-order valence-corrected chi connectivity index (χ0v) is 18.7. The van der Waals surface area contributed by atoms with Crippen LogP contribution in [0.1, 0.15) is 17.2 Å². The van der Waals surface area contributed by atoms with Gasteiger partial charge in [0.1, 0.15) is 11.5 Å². The van der Waals surface area contributed by atoms with Crippen LogP contribution in [0.15, 0.2) is 54.1 Å². The van der Waals surface area contributed by atoms with E-state index in [1.807, 2.05) is 0 Å². The third-order valence-electron chi connectivity index (χ3n) is 6.09. The topological polar surface area (TPSA) is 122 Å². The number of ketones is 1. The number of carbonyl (C=O) groups is 2.